The monoisotopic (exact) mass is 374 g/mol. The highest BCUT2D eigenvalue weighted by Crippen LogP contribution is 2.43. The first-order chi connectivity index (χ1) is 11.0. The van der Waals surface area contributed by atoms with Crippen LogP contribution in [0.1, 0.15) is 49.7 Å². The Bertz CT molecular complexity index is 711. The summed E-state index contributed by atoms with van der Waals surface area (Å²) in [7, 11) is -2.23. The van der Waals surface area contributed by atoms with Crippen molar-refractivity contribution in [2.45, 2.75) is 50.5 Å². The second kappa shape index (κ2) is 6.74. The van der Waals surface area contributed by atoms with Gasteiger partial charge in [0.25, 0.3) is 5.91 Å². The lowest BCUT2D eigenvalue weighted by Gasteiger charge is -2.47. The van der Waals surface area contributed by atoms with Crippen LogP contribution in [0.3, 0.4) is 0 Å². The summed E-state index contributed by atoms with van der Waals surface area (Å²) in [6.07, 6.45) is 2.46. The summed E-state index contributed by atoms with van der Waals surface area (Å²) in [6.45, 7) is 6.28. The molecule has 0 radical (unpaired) electrons. The van der Waals surface area contributed by atoms with E-state index < -0.39 is 15.6 Å². The molecule has 136 valence electrons. The van der Waals surface area contributed by atoms with Crippen LogP contribution in [0.2, 0.25) is 0 Å². The molecular formula is C16H26N2O4S2. The molecule has 1 aromatic rings. The van der Waals surface area contributed by atoms with Gasteiger partial charge in [-0.05, 0) is 43.7 Å². The fourth-order valence-corrected chi connectivity index (χ4v) is 5.90. The molecule has 8 heteroatoms. The summed E-state index contributed by atoms with van der Waals surface area (Å²) in [5.41, 5.74) is -0.631. The Morgan fingerprint density at radius 2 is 2.08 bits per heavy atom. The molecule has 1 heterocycles. The van der Waals surface area contributed by atoms with Gasteiger partial charge in [-0.25, -0.2) is 13.1 Å². The molecule has 1 aromatic heterocycles. The Morgan fingerprint density at radius 3 is 2.62 bits per heavy atom. The number of aliphatic hydroxyl groups excluding tert-OH is 1. The number of hydrogen-bond donors (Lipinski definition) is 3. The number of carbonyl (C=O) groups is 1. The second-order valence-electron chi connectivity index (χ2n) is 7.60. The highest BCUT2D eigenvalue weighted by Gasteiger charge is 2.43. The Balaban J connectivity index is 2.21. The van der Waals surface area contributed by atoms with Crippen molar-refractivity contribution >= 4 is 27.3 Å². The van der Waals surface area contributed by atoms with Gasteiger partial charge in [0.05, 0.1) is 21.9 Å². The number of nitrogens with one attached hydrogen (secondary N) is 2. The molecule has 1 aliphatic carbocycles. The van der Waals surface area contributed by atoms with E-state index in [4.69, 9.17) is 0 Å². The smallest absolute Gasteiger partial charge is 0.261 e. The van der Waals surface area contributed by atoms with Crippen LogP contribution in [0.5, 0.6) is 0 Å². The van der Waals surface area contributed by atoms with Crippen LogP contribution in [0.25, 0.3) is 0 Å². The van der Waals surface area contributed by atoms with Crippen molar-refractivity contribution in [3.8, 4) is 0 Å². The van der Waals surface area contributed by atoms with Crippen molar-refractivity contribution in [2.24, 2.45) is 11.3 Å². The van der Waals surface area contributed by atoms with Crippen LogP contribution in [0.4, 0.5) is 0 Å². The maximum atomic E-state index is 12.6. The number of aliphatic hydroxyl groups is 1. The van der Waals surface area contributed by atoms with E-state index in [1.807, 2.05) is 0 Å². The van der Waals surface area contributed by atoms with Crippen molar-refractivity contribution in [3.05, 3.63) is 16.3 Å². The lowest BCUT2D eigenvalue weighted by Crippen LogP contribution is -2.57. The molecule has 6 nitrogen and oxygen atoms in total. The van der Waals surface area contributed by atoms with E-state index in [0.717, 1.165) is 17.8 Å². The number of sulfonamides is 1. The first-order valence-corrected chi connectivity index (χ1v) is 10.3. The molecule has 0 bridgehead atoms. The molecule has 0 spiro atoms. The molecule has 1 fully saturated rings. The normalized spacial score (nSPS) is 27.0. The lowest BCUT2D eigenvalue weighted by molar-refractivity contribution is 0.0336. The Labute approximate surface area is 147 Å². The Kier molecular flexibility index (Phi) is 5.44. The average molecular weight is 375 g/mol. The van der Waals surface area contributed by atoms with Crippen molar-refractivity contribution < 1.29 is 18.3 Å². The summed E-state index contributed by atoms with van der Waals surface area (Å²) in [5.74, 6) is 0.0567. The molecule has 2 unspecified atom stereocenters. The number of thiophene rings is 1. The van der Waals surface area contributed by atoms with E-state index in [9.17, 15) is 18.3 Å². The molecule has 0 saturated heterocycles. The van der Waals surface area contributed by atoms with Crippen LogP contribution in [0, 0.1) is 11.3 Å². The minimum Gasteiger partial charge on any atom is -0.394 e. The SMILES string of the molecule is CNS(=O)(=O)c1csc(C(=O)NC2(CO)CC(C)CC(C)(C)C2)c1. The molecule has 1 aliphatic rings. The first kappa shape index (κ1) is 19.4. The summed E-state index contributed by atoms with van der Waals surface area (Å²) in [4.78, 5) is 13.0. The predicted octanol–water partition coefficient (Wildman–Crippen LogP) is 1.96. The van der Waals surface area contributed by atoms with Crippen LogP contribution in [-0.2, 0) is 10.0 Å². The zero-order valence-corrected chi connectivity index (χ0v) is 16.2. The molecule has 0 aromatic carbocycles. The number of amides is 1. The molecular weight excluding hydrogens is 348 g/mol. The van der Waals surface area contributed by atoms with Gasteiger partial charge in [0.15, 0.2) is 0 Å². The third-order valence-electron chi connectivity index (χ3n) is 4.52. The van der Waals surface area contributed by atoms with Gasteiger partial charge in [0.1, 0.15) is 0 Å². The van der Waals surface area contributed by atoms with Gasteiger partial charge in [0, 0.05) is 5.38 Å². The van der Waals surface area contributed by atoms with Crippen LogP contribution in [-0.4, -0.2) is 38.6 Å². The molecule has 24 heavy (non-hydrogen) atoms. The molecule has 1 saturated carbocycles. The number of hydrogen-bond acceptors (Lipinski definition) is 5. The fraction of sp³-hybridized carbons (Fsp3) is 0.688. The van der Waals surface area contributed by atoms with Gasteiger partial charge in [-0.2, -0.15) is 0 Å². The van der Waals surface area contributed by atoms with E-state index in [2.05, 4.69) is 30.8 Å². The third-order valence-corrected chi connectivity index (χ3v) is 6.99. The maximum Gasteiger partial charge on any atom is 0.261 e. The van der Waals surface area contributed by atoms with Crippen molar-refractivity contribution in [2.75, 3.05) is 13.7 Å². The van der Waals surface area contributed by atoms with Gasteiger partial charge in [-0.3, -0.25) is 4.79 Å². The average Bonchev–Trinajstić information content (AvgIpc) is 2.95. The van der Waals surface area contributed by atoms with Crippen LogP contribution in [0.15, 0.2) is 16.3 Å². The summed E-state index contributed by atoms with van der Waals surface area (Å²) < 4.78 is 25.8. The van der Waals surface area contributed by atoms with Gasteiger partial charge < -0.3 is 10.4 Å². The van der Waals surface area contributed by atoms with Crippen LogP contribution < -0.4 is 10.0 Å². The summed E-state index contributed by atoms with van der Waals surface area (Å²) in [5, 5.41) is 14.4. The molecule has 2 rings (SSSR count). The van der Waals surface area contributed by atoms with Crippen molar-refractivity contribution in [3.63, 3.8) is 0 Å². The first-order valence-electron chi connectivity index (χ1n) is 7.98. The highest BCUT2D eigenvalue weighted by molar-refractivity contribution is 7.89. The van der Waals surface area contributed by atoms with E-state index in [-0.39, 0.29) is 22.8 Å². The molecule has 1 amide bonds. The predicted molar refractivity (Wildman–Crippen MR) is 94.6 cm³/mol. The Hall–Kier alpha value is -0.960. The standard InChI is InChI=1S/C16H26N2O4S2/c1-11-6-15(2,3)9-16(7-11,10-19)18-14(20)13-5-12(8-23-13)24(21,22)17-4/h5,8,11,17,19H,6-7,9-10H2,1-4H3,(H,18,20). The number of rotatable bonds is 5. The molecule has 0 aliphatic heterocycles. The third kappa shape index (κ3) is 4.17. The summed E-state index contributed by atoms with van der Waals surface area (Å²) in [6, 6.07) is 1.37. The van der Waals surface area contributed by atoms with E-state index in [0.29, 0.717) is 23.6 Å². The quantitative estimate of drug-likeness (QED) is 0.734. The van der Waals surface area contributed by atoms with E-state index in [1.54, 1.807) is 0 Å². The largest absolute Gasteiger partial charge is 0.394 e. The number of carbonyl (C=O) groups excluding carboxylic acids is 1. The minimum absolute atomic E-state index is 0.0315. The molecule has 3 N–H and O–H groups in total. The highest BCUT2D eigenvalue weighted by atomic mass is 32.2. The van der Waals surface area contributed by atoms with Crippen molar-refractivity contribution in [1.82, 2.24) is 10.0 Å². The zero-order valence-electron chi connectivity index (χ0n) is 14.5. The summed E-state index contributed by atoms with van der Waals surface area (Å²) >= 11 is 1.09. The molecule has 2 atom stereocenters. The van der Waals surface area contributed by atoms with Gasteiger partial charge in [0.2, 0.25) is 10.0 Å². The fourth-order valence-electron chi connectivity index (χ4n) is 4.00. The maximum absolute atomic E-state index is 12.6. The Morgan fingerprint density at radius 1 is 1.42 bits per heavy atom. The zero-order chi connectivity index (χ0) is 18.2. The van der Waals surface area contributed by atoms with E-state index >= 15 is 0 Å². The van der Waals surface area contributed by atoms with Crippen LogP contribution >= 0.6 is 11.3 Å². The van der Waals surface area contributed by atoms with Gasteiger partial charge in [-0.1, -0.05) is 20.8 Å². The van der Waals surface area contributed by atoms with E-state index in [1.165, 1.54) is 18.5 Å². The van der Waals surface area contributed by atoms with Gasteiger partial charge in [-0.15, -0.1) is 11.3 Å². The second-order valence-corrected chi connectivity index (χ2v) is 10.4. The van der Waals surface area contributed by atoms with Crippen molar-refractivity contribution in [1.29, 1.82) is 0 Å². The lowest BCUT2D eigenvalue weighted by atomic mass is 9.64. The minimum atomic E-state index is -3.56. The van der Waals surface area contributed by atoms with Gasteiger partial charge >= 0.3 is 0 Å². The topological polar surface area (TPSA) is 95.5 Å².